The van der Waals surface area contributed by atoms with Gasteiger partial charge in [-0.2, -0.15) is 5.10 Å². The Bertz CT molecular complexity index is 708. The molecule has 2 rings (SSSR count). The van der Waals surface area contributed by atoms with E-state index < -0.39 is 11.4 Å². The molecule has 2 aromatic rings. The average molecular weight is 355 g/mol. The fourth-order valence-corrected chi connectivity index (χ4v) is 2.11. The minimum Gasteiger partial charge on any atom is -0.407 e. The van der Waals surface area contributed by atoms with E-state index in [-0.39, 0.29) is 11.8 Å². The van der Waals surface area contributed by atoms with Crippen LogP contribution in [0.5, 0.6) is 5.88 Å². The molecule has 0 atom stereocenters. The Morgan fingerprint density at radius 2 is 2.04 bits per heavy atom. The first-order valence-corrected chi connectivity index (χ1v) is 8.30. The van der Waals surface area contributed by atoms with E-state index in [2.05, 4.69) is 5.10 Å². The molecule has 1 aromatic carbocycles. The summed E-state index contributed by atoms with van der Waals surface area (Å²) in [5.74, 6) is 0.341. The molecule has 0 saturated heterocycles. The van der Waals surface area contributed by atoms with Gasteiger partial charge in [0, 0.05) is 17.0 Å². The summed E-state index contributed by atoms with van der Waals surface area (Å²) < 4.78 is 7.15. The number of benzene rings is 1. The van der Waals surface area contributed by atoms with E-state index in [0.29, 0.717) is 10.9 Å². The molecular weight excluding hydrogens is 335 g/mol. The Balaban J connectivity index is 2.44. The first kappa shape index (κ1) is 17.8. The second-order valence-corrected chi connectivity index (χ2v) is 7.06. The van der Waals surface area contributed by atoms with Crippen LogP contribution in [0.4, 0.5) is 0 Å². The number of esters is 1. The summed E-state index contributed by atoms with van der Waals surface area (Å²) in [6.45, 7) is 7.54. The van der Waals surface area contributed by atoms with Gasteiger partial charge < -0.3 is 4.74 Å². The molecule has 0 spiro atoms. The van der Waals surface area contributed by atoms with E-state index in [1.54, 1.807) is 36.7 Å². The van der Waals surface area contributed by atoms with Crippen molar-refractivity contribution in [1.29, 1.82) is 0 Å². The highest BCUT2D eigenvalue weighted by atomic mass is 35.5. The van der Waals surface area contributed by atoms with E-state index in [1.807, 2.05) is 26.0 Å². The van der Waals surface area contributed by atoms with E-state index in [9.17, 15) is 4.79 Å². The van der Waals surface area contributed by atoms with Crippen molar-refractivity contribution in [3.05, 3.63) is 41.0 Å². The number of nitrogens with zero attached hydrogens (tertiary/aromatic N) is 2. The normalized spacial score (nSPS) is 11.8. The van der Waals surface area contributed by atoms with Gasteiger partial charge in [0.05, 0.1) is 16.8 Å². The van der Waals surface area contributed by atoms with Crippen LogP contribution in [0, 0.1) is 5.41 Å². The van der Waals surface area contributed by atoms with Crippen LogP contribution in [-0.4, -0.2) is 21.6 Å². The maximum atomic E-state index is 12.3. The van der Waals surface area contributed by atoms with Crippen molar-refractivity contribution in [2.75, 3.05) is 5.88 Å². The minimum absolute atomic E-state index is 0.175. The lowest BCUT2D eigenvalue weighted by molar-refractivity contribution is -0.143. The summed E-state index contributed by atoms with van der Waals surface area (Å²) in [6.07, 6.45) is 0. The zero-order valence-electron chi connectivity index (χ0n) is 13.6. The second kappa shape index (κ2) is 6.93. The fourth-order valence-electron chi connectivity index (χ4n) is 1.82. The van der Waals surface area contributed by atoms with Crippen LogP contribution in [0.3, 0.4) is 0 Å². The van der Waals surface area contributed by atoms with Crippen molar-refractivity contribution in [3.8, 4) is 11.6 Å². The largest absolute Gasteiger partial charge is 0.407 e. The van der Waals surface area contributed by atoms with E-state index >= 15 is 0 Å². The van der Waals surface area contributed by atoms with E-state index in [4.69, 9.17) is 27.9 Å². The predicted molar refractivity (Wildman–Crippen MR) is 92.8 cm³/mol. The molecule has 6 heteroatoms. The van der Waals surface area contributed by atoms with E-state index in [0.717, 1.165) is 11.4 Å². The van der Waals surface area contributed by atoms with Crippen LogP contribution in [0.1, 0.15) is 39.3 Å². The molecule has 4 nitrogen and oxygen atoms in total. The number of rotatable bonds is 5. The maximum Gasteiger partial charge on any atom is 0.319 e. The summed E-state index contributed by atoms with van der Waals surface area (Å²) in [7, 11) is 0. The molecule has 124 valence electrons. The number of carbonyl (C=O) groups is 1. The lowest BCUT2D eigenvalue weighted by Gasteiger charge is -2.19. The summed E-state index contributed by atoms with van der Waals surface area (Å²) in [6, 6.07) is 8.99. The van der Waals surface area contributed by atoms with Crippen LogP contribution >= 0.6 is 23.2 Å². The maximum absolute atomic E-state index is 12.3. The van der Waals surface area contributed by atoms with Gasteiger partial charge in [0.2, 0.25) is 5.88 Å². The molecule has 0 radical (unpaired) electrons. The lowest BCUT2D eigenvalue weighted by Crippen LogP contribution is -2.31. The Labute approximate surface area is 146 Å². The van der Waals surface area contributed by atoms with Crippen molar-refractivity contribution in [2.45, 2.75) is 33.6 Å². The number of carbonyl (C=O) groups excluding carboxylic acids is 1. The van der Waals surface area contributed by atoms with Crippen LogP contribution in [-0.2, 0) is 4.79 Å². The van der Waals surface area contributed by atoms with Gasteiger partial charge in [-0.15, -0.1) is 11.6 Å². The zero-order chi connectivity index (χ0) is 17.2. The summed E-state index contributed by atoms with van der Waals surface area (Å²) >= 11 is 11.9. The molecule has 0 amide bonds. The SMILES string of the molecule is CC(C)c1cc(OC(=O)C(C)(C)CCl)n(-c2cccc(Cl)c2)n1. The Hall–Kier alpha value is -1.52. The molecule has 1 heterocycles. The Morgan fingerprint density at radius 1 is 1.35 bits per heavy atom. The molecule has 0 aliphatic heterocycles. The highest BCUT2D eigenvalue weighted by molar-refractivity contribution is 6.30. The third-order valence-corrected chi connectivity index (χ3v) is 4.33. The molecule has 0 fully saturated rings. The van der Waals surface area contributed by atoms with Gasteiger partial charge in [-0.25, -0.2) is 4.68 Å². The standard InChI is InChI=1S/C17H20Cl2N2O2/c1-11(2)14-9-15(23-16(22)17(3,4)10-18)21(20-14)13-7-5-6-12(19)8-13/h5-9,11H,10H2,1-4H3. The van der Waals surface area contributed by atoms with Crippen molar-refractivity contribution in [1.82, 2.24) is 9.78 Å². The van der Waals surface area contributed by atoms with Gasteiger partial charge in [0.15, 0.2) is 0 Å². The summed E-state index contributed by atoms with van der Waals surface area (Å²) in [5, 5.41) is 5.12. The van der Waals surface area contributed by atoms with Gasteiger partial charge >= 0.3 is 5.97 Å². The van der Waals surface area contributed by atoms with Gasteiger partial charge in [-0.05, 0) is 38.0 Å². The highest BCUT2D eigenvalue weighted by Gasteiger charge is 2.30. The molecule has 0 bridgehead atoms. The third-order valence-electron chi connectivity index (χ3n) is 3.42. The van der Waals surface area contributed by atoms with Gasteiger partial charge in [0.25, 0.3) is 0 Å². The van der Waals surface area contributed by atoms with Crippen molar-refractivity contribution in [3.63, 3.8) is 0 Å². The zero-order valence-corrected chi connectivity index (χ0v) is 15.1. The van der Waals surface area contributed by atoms with Crippen LogP contribution in [0.2, 0.25) is 5.02 Å². The number of alkyl halides is 1. The van der Waals surface area contributed by atoms with Crippen molar-refractivity contribution < 1.29 is 9.53 Å². The number of ether oxygens (including phenoxy) is 1. The quantitative estimate of drug-likeness (QED) is 0.571. The average Bonchev–Trinajstić information content (AvgIpc) is 2.91. The van der Waals surface area contributed by atoms with E-state index in [1.165, 1.54) is 0 Å². The Kier molecular flexibility index (Phi) is 5.37. The van der Waals surface area contributed by atoms with Gasteiger partial charge in [0.1, 0.15) is 0 Å². The van der Waals surface area contributed by atoms with Gasteiger partial charge in [-0.3, -0.25) is 4.79 Å². The number of hydrogen-bond acceptors (Lipinski definition) is 3. The smallest absolute Gasteiger partial charge is 0.319 e. The highest BCUT2D eigenvalue weighted by Crippen LogP contribution is 2.28. The third kappa shape index (κ3) is 4.06. The molecule has 0 N–H and O–H groups in total. The summed E-state index contributed by atoms with van der Waals surface area (Å²) in [5.41, 5.74) is 0.788. The first-order valence-electron chi connectivity index (χ1n) is 7.39. The second-order valence-electron chi connectivity index (χ2n) is 6.36. The number of halogens is 2. The number of aromatic nitrogens is 2. The van der Waals surface area contributed by atoms with Gasteiger partial charge in [-0.1, -0.05) is 31.5 Å². The molecule has 1 aromatic heterocycles. The molecule has 23 heavy (non-hydrogen) atoms. The molecule has 0 aliphatic carbocycles. The Morgan fingerprint density at radius 3 is 2.61 bits per heavy atom. The van der Waals surface area contributed by atoms with Crippen LogP contribution in [0.15, 0.2) is 30.3 Å². The van der Waals surface area contributed by atoms with Crippen LogP contribution in [0.25, 0.3) is 5.69 Å². The van der Waals surface area contributed by atoms with Crippen molar-refractivity contribution >= 4 is 29.2 Å². The molecule has 0 aliphatic rings. The topological polar surface area (TPSA) is 44.1 Å². The first-order chi connectivity index (χ1) is 10.7. The number of hydrogen-bond donors (Lipinski definition) is 0. The monoisotopic (exact) mass is 354 g/mol. The molecular formula is C17H20Cl2N2O2. The summed E-state index contributed by atoms with van der Waals surface area (Å²) in [4.78, 5) is 12.3. The minimum atomic E-state index is -0.775. The van der Waals surface area contributed by atoms with Crippen LogP contribution < -0.4 is 4.74 Å². The molecule has 0 unspecified atom stereocenters. The lowest BCUT2D eigenvalue weighted by atomic mass is 9.97. The molecule has 0 saturated carbocycles. The van der Waals surface area contributed by atoms with Crippen molar-refractivity contribution in [2.24, 2.45) is 5.41 Å². The fraction of sp³-hybridized carbons (Fsp3) is 0.412. The predicted octanol–water partition coefficient (Wildman–Crippen LogP) is 4.82.